The maximum absolute atomic E-state index is 12.6. The van der Waals surface area contributed by atoms with Gasteiger partial charge in [-0.15, -0.1) is 0 Å². The fraction of sp³-hybridized carbons (Fsp3) is 0.375. The van der Waals surface area contributed by atoms with Crippen LogP contribution in [-0.4, -0.2) is 42.3 Å². The molecule has 0 aliphatic rings. The van der Waals surface area contributed by atoms with Gasteiger partial charge in [-0.2, -0.15) is 0 Å². The van der Waals surface area contributed by atoms with Crippen molar-refractivity contribution in [1.29, 1.82) is 0 Å². The molecule has 0 aliphatic carbocycles. The molecule has 0 unspecified atom stereocenters. The summed E-state index contributed by atoms with van der Waals surface area (Å²) in [6, 6.07) is 14.1. The van der Waals surface area contributed by atoms with Gasteiger partial charge in [0.25, 0.3) is 5.91 Å². The summed E-state index contributed by atoms with van der Waals surface area (Å²) in [5.74, 6) is -0.223. The first-order chi connectivity index (χ1) is 15.0. The third-order valence-electron chi connectivity index (χ3n) is 4.63. The van der Waals surface area contributed by atoms with E-state index in [4.69, 9.17) is 0 Å². The number of nitrogens with zero attached hydrogens (tertiary/aromatic N) is 1. The van der Waals surface area contributed by atoms with Crippen LogP contribution in [0.15, 0.2) is 48.5 Å². The van der Waals surface area contributed by atoms with Crippen molar-refractivity contribution in [2.24, 2.45) is 0 Å². The number of anilines is 3. The van der Waals surface area contributed by atoms with Crippen LogP contribution in [0, 0.1) is 0 Å². The Morgan fingerprint density at radius 3 is 1.71 bits per heavy atom. The molecule has 3 amide bonds. The van der Waals surface area contributed by atoms with Crippen molar-refractivity contribution in [2.75, 3.05) is 35.6 Å². The summed E-state index contributed by atoms with van der Waals surface area (Å²) < 4.78 is 0. The predicted octanol–water partition coefficient (Wildman–Crippen LogP) is 4.35. The number of amides is 3. The van der Waals surface area contributed by atoms with Crippen LogP contribution in [0.25, 0.3) is 0 Å². The maximum atomic E-state index is 12.6. The molecule has 0 aromatic heterocycles. The normalized spacial score (nSPS) is 10.3. The van der Waals surface area contributed by atoms with Crippen LogP contribution < -0.4 is 16.0 Å². The highest BCUT2D eigenvalue weighted by Gasteiger charge is 2.14. The number of carbonyl (C=O) groups is 3. The van der Waals surface area contributed by atoms with Crippen molar-refractivity contribution in [1.82, 2.24) is 4.90 Å². The lowest BCUT2D eigenvalue weighted by Crippen LogP contribution is -2.32. The summed E-state index contributed by atoms with van der Waals surface area (Å²) in [5, 5.41) is 8.64. The van der Waals surface area contributed by atoms with Gasteiger partial charge in [-0.25, -0.2) is 0 Å². The first-order valence-electron chi connectivity index (χ1n) is 10.8. The second kappa shape index (κ2) is 12.4. The minimum absolute atomic E-state index is 0.0156. The molecule has 2 aromatic rings. The molecule has 31 heavy (non-hydrogen) atoms. The van der Waals surface area contributed by atoms with Crippen LogP contribution in [0.3, 0.4) is 0 Å². The third-order valence-corrected chi connectivity index (χ3v) is 4.63. The van der Waals surface area contributed by atoms with Crippen LogP contribution in [0.5, 0.6) is 0 Å². The van der Waals surface area contributed by atoms with E-state index in [-0.39, 0.29) is 24.3 Å². The molecule has 0 heterocycles. The Labute approximate surface area is 184 Å². The number of hydrogen-bond donors (Lipinski definition) is 3. The van der Waals surface area contributed by atoms with Crippen LogP contribution in [-0.2, 0) is 9.59 Å². The first-order valence-corrected chi connectivity index (χ1v) is 10.8. The van der Waals surface area contributed by atoms with E-state index in [9.17, 15) is 14.4 Å². The van der Waals surface area contributed by atoms with Crippen molar-refractivity contribution in [2.45, 2.75) is 40.0 Å². The highest BCUT2D eigenvalue weighted by Crippen LogP contribution is 2.15. The summed E-state index contributed by atoms with van der Waals surface area (Å²) in [7, 11) is 0. The van der Waals surface area contributed by atoms with Crippen molar-refractivity contribution < 1.29 is 14.4 Å². The summed E-state index contributed by atoms with van der Waals surface area (Å²) >= 11 is 0. The quantitative estimate of drug-likeness (QED) is 0.500. The molecule has 2 rings (SSSR count). The molecule has 7 heteroatoms. The van der Waals surface area contributed by atoms with Gasteiger partial charge in [0, 0.05) is 42.1 Å². The van der Waals surface area contributed by atoms with Crippen molar-refractivity contribution in [3.63, 3.8) is 0 Å². The van der Waals surface area contributed by atoms with Crippen LogP contribution in [0.1, 0.15) is 50.4 Å². The molecule has 0 radical (unpaired) electrons. The van der Waals surface area contributed by atoms with E-state index in [1.807, 2.05) is 4.90 Å². The topological polar surface area (TPSA) is 90.5 Å². The summed E-state index contributed by atoms with van der Waals surface area (Å²) in [6.07, 6.45) is 2.26. The van der Waals surface area contributed by atoms with E-state index in [1.54, 1.807) is 55.5 Å². The van der Waals surface area contributed by atoms with E-state index in [1.165, 1.54) is 0 Å². The zero-order chi connectivity index (χ0) is 22.6. The molecule has 0 bridgehead atoms. The van der Waals surface area contributed by atoms with Crippen LogP contribution in [0.2, 0.25) is 0 Å². The lowest BCUT2D eigenvalue weighted by molar-refractivity contribution is -0.116. The Balaban J connectivity index is 1.85. The average molecular weight is 425 g/mol. The molecule has 0 fully saturated rings. The summed E-state index contributed by atoms with van der Waals surface area (Å²) in [6.45, 7) is 7.49. The molecule has 0 aliphatic heterocycles. The van der Waals surface area contributed by atoms with E-state index >= 15 is 0 Å². The lowest BCUT2D eigenvalue weighted by Gasteiger charge is -2.21. The standard InChI is InChI=1S/C24H32N4O3/c1-4-15-28(16-5-2)24(31)18-7-9-20(10-8-18)27-23(30)17-25-19-11-13-21(14-12-19)26-22(29)6-3/h7-14,25H,4-6,15-17H2,1-3H3,(H,26,29)(H,27,30). The number of rotatable bonds is 11. The first kappa shape index (κ1) is 23.9. The molecule has 0 spiro atoms. The molecular weight excluding hydrogens is 392 g/mol. The number of hydrogen-bond acceptors (Lipinski definition) is 4. The predicted molar refractivity (Wildman–Crippen MR) is 125 cm³/mol. The minimum atomic E-state index is -0.193. The third kappa shape index (κ3) is 7.77. The van der Waals surface area contributed by atoms with Gasteiger partial charge < -0.3 is 20.9 Å². The molecule has 0 saturated carbocycles. The maximum Gasteiger partial charge on any atom is 0.253 e. The van der Waals surface area contributed by atoms with Gasteiger partial charge >= 0.3 is 0 Å². The highest BCUT2D eigenvalue weighted by molar-refractivity contribution is 5.96. The van der Waals surface area contributed by atoms with Gasteiger partial charge in [-0.1, -0.05) is 20.8 Å². The van der Waals surface area contributed by atoms with E-state index in [0.717, 1.165) is 31.6 Å². The van der Waals surface area contributed by atoms with E-state index < -0.39 is 0 Å². The summed E-state index contributed by atoms with van der Waals surface area (Å²) in [4.78, 5) is 38.1. The van der Waals surface area contributed by atoms with E-state index in [2.05, 4.69) is 29.8 Å². The van der Waals surface area contributed by atoms with Gasteiger partial charge in [0.2, 0.25) is 11.8 Å². The average Bonchev–Trinajstić information content (AvgIpc) is 2.78. The van der Waals surface area contributed by atoms with Gasteiger partial charge in [-0.3, -0.25) is 14.4 Å². The number of benzene rings is 2. The monoisotopic (exact) mass is 424 g/mol. The lowest BCUT2D eigenvalue weighted by atomic mass is 10.1. The van der Waals surface area contributed by atoms with Crippen LogP contribution in [0.4, 0.5) is 17.1 Å². The zero-order valence-corrected chi connectivity index (χ0v) is 18.5. The fourth-order valence-corrected chi connectivity index (χ4v) is 3.04. The molecule has 166 valence electrons. The largest absolute Gasteiger partial charge is 0.376 e. The second-order valence-corrected chi connectivity index (χ2v) is 7.25. The zero-order valence-electron chi connectivity index (χ0n) is 18.5. The van der Waals surface area contributed by atoms with Crippen LogP contribution >= 0.6 is 0 Å². The SMILES string of the molecule is CCCN(CCC)C(=O)c1ccc(NC(=O)CNc2ccc(NC(=O)CC)cc2)cc1. The highest BCUT2D eigenvalue weighted by atomic mass is 16.2. The molecule has 3 N–H and O–H groups in total. The Morgan fingerprint density at radius 2 is 1.19 bits per heavy atom. The second-order valence-electron chi connectivity index (χ2n) is 7.25. The Kier molecular flexibility index (Phi) is 9.55. The Hall–Kier alpha value is -3.35. The van der Waals surface area contributed by atoms with Crippen molar-refractivity contribution in [3.8, 4) is 0 Å². The molecular formula is C24H32N4O3. The molecule has 0 atom stereocenters. The van der Waals surface area contributed by atoms with Gasteiger partial charge in [0.15, 0.2) is 0 Å². The fourth-order valence-electron chi connectivity index (χ4n) is 3.04. The minimum Gasteiger partial charge on any atom is -0.376 e. The molecule has 2 aromatic carbocycles. The van der Waals surface area contributed by atoms with Gasteiger partial charge in [0.1, 0.15) is 0 Å². The molecule has 7 nitrogen and oxygen atoms in total. The van der Waals surface area contributed by atoms with Crippen molar-refractivity contribution in [3.05, 3.63) is 54.1 Å². The smallest absolute Gasteiger partial charge is 0.253 e. The van der Waals surface area contributed by atoms with Crippen molar-refractivity contribution >= 4 is 34.8 Å². The van der Waals surface area contributed by atoms with Gasteiger partial charge in [0.05, 0.1) is 6.54 Å². The molecule has 0 saturated heterocycles. The number of carbonyl (C=O) groups excluding carboxylic acids is 3. The Morgan fingerprint density at radius 1 is 0.710 bits per heavy atom. The van der Waals surface area contributed by atoms with Gasteiger partial charge in [-0.05, 0) is 61.4 Å². The summed E-state index contributed by atoms with van der Waals surface area (Å²) in [5.41, 5.74) is 2.75. The van der Waals surface area contributed by atoms with E-state index in [0.29, 0.717) is 23.4 Å². The number of nitrogens with one attached hydrogen (secondary N) is 3. The Bertz CT molecular complexity index is 857.